The predicted octanol–water partition coefficient (Wildman–Crippen LogP) is 2.94. The molecule has 2 amide bonds. The van der Waals surface area contributed by atoms with E-state index in [0.717, 1.165) is 24.9 Å². The van der Waals surface area contributed by atoms with Crippen LogP contribution in [0.5, 0.6) is 0 Å². The lowest BCUT2D eigenvalue weighted by Gasteiger charge is -2.30. The highest BCUT2D eigenvalue weighted by atomic mass is 32.1. The second kappa shape index (κ2) is 10.4. The zero-order valence-electron chi connectivity index (χ0n) is 17.1. The average Bonchev–Trinajstić information content (AvgIpc) is 3.23. The number of carbonyl (C=O) groups is 2. The van der Waals surface area contributed by atoms with Crippen LogP contribution in [0, 0.1) is 6.92 Å². The number of nitrogens with one attached hydrogen (secondary N) is 2. The van der Waals surface area contributed by atoms with Crippen molar-refractivity contribution in [2.45, 2.75) is 45.4 Å². The van der Waals surface area contributed by atoms with Gasteiger partial charge in [0, 0.05) is 25.2 Å². The summed E-state index contributed by atoms with van der Waals surface area (Å²) in [7, 11) is 0. The van der Waals surface area contributed by atoms with E-state index in [2.05, 4.69) is 16.7 Å². The molecular weight excluding hydrogens is 384 g/mol. The Morgan fingerprint density at radius 1 is 1.03 bits per heavy atom. The number of rotatable bonds is 6. The van der Waals surface area contributed by atoms with Gasteiger partial charge in [-0.2, -0.15) is 0 Å². The van der Waals surface area contributed by atoms with E-state index in [4.69, 9.17) is 12.2 Å². The summed E-state index contributed by atoms with van der Waals surface area (Å²) in [6.45, 7) is 4.04. The number of amides is 2. The molecule has 1 aromatic rings. The van der Waals surface area contributed by atoms with Gasteiger partial charge in [0.25, 0.3) is 11.8 Å². The van der Waals surface area contributed by atoms with E-state index in [-0.39, 0.29) is 18.4 Å². The highest BCUT2D eigenvalue weighted by molar-refractivity contribution is 7.80. The Bertz CT molecular complexity index is 776. The van der Waals surface area contributed by atoms with Crippen LogP contribution < -0.4 is 10.6 Å². The van der Waals surface area contributed by atoms with Gasteiger partial charge in [0.15, 0.2) is 5.11 Å². The molecule has 156 valence electrons. The topological polar surface area (TPSA) is 64.7 Å². The van der Waals surface area contributed by atoms with Crippen LogP contribution in [0.25, 0.3) is 0 Å². The molecule has 0 atom stereocenters. The van der Waals surface area contributed by atoms with Gasteiger partial charge in [0.1, 0.15) is 0 Å². The van der Waals surface area contributed by atoms with Gasteiger partial charge in [-0.1, -0.05) is 29.3 Å². The van der Waals surface area contributed by atoms with Gasteiger partial charge < -0.3 is 10.6 Å². The van der Waals surface area contributed by atoms with Crippen molar-refractivity contribution in [3.63, 3.8) is 0 Å². The summed E-state index contributed by atoms with van der Waals surface area (Å²) in [4.78, 5) is 24.9. The molecule has 1 heterocycles. The Kier molecular flexibility index (Phi) is 7.63. The van der Waals surface area contributed by atoms with Crippen molar-refractivity contribution >= 4 is 29.1 Å². The molecule has 0 bridgehead atoms. The molecule has 7 heteroatoms. The zero-order chi connectivity index (χ0) is 20.6. The zero-order valence-corrected chi connectivity index (χ0v) is 17.9. The third kappa shape index (κ3) is 6.03. The normalized spacial score (nSPS) is 16.4. The largest absolute Gasteiger partial charge is 0.361 e. The van der Waals surface area contributed by atoms with E-state index in [1.54, 1.807) is 17.1 Å². The molecule has 1 fully saturated rings. The van der Waals surface area contributed by atoms with Crippen molar-refractivity contribution in [2.24, 2.45) is 0 Å². The average molecular weight is 415 g/mol. The fraction of sp³-hybridized carbons (Fsp3) is 0.500. The van der Waals surface area contributed by atoms with Crippen molar-refractivity contribution < 1.29 is 9.59 Å². The number of benzene rings is 1. The summed E-state index contributed by atoms with van der Waals surface area (Å²) >= 11 is 5.52. The van der Waals surface area contributed by atoms with E-state index >= 15 is 0 Å². The number of allylic oxidation sites excluding steroid dienone is 1. The molecule has 1 aliphatic heterocycles. The Labute approximate surface area is 178 Å². The number of thiocarbonyl (C=S) groups is 1. The summed E-state index contributed by atoms with van der Waals surface area (Å²) in [5.74, 6) is -0.396. The van der Waals surface area contributed by atoms with E-state index in [1.807, 2.05) is 24.1 Å². The monoisotopic (exact) mass is 414 g/mol. The number of aryl methyl sites for hydroxylation is 1. The smallest absolute Gasteiger partial charge is 0.260 e. The fourth-order valence-electron chi connectivity index (χ4n) is 3.69. The number of hydrogen-bond acceptors (Lipinski definition) is 3. The predicted molar refractivity (Wildman–Crippen MR) is 118 cm³/mol. The maximum absolute atomic E-state index is 12.6. The maximum atomic E-state index is 12.6. The molecule has 1 aliphatic carbocycles. The minimum atomic E-state index is -0.245. The lowest BCUT2D eigenvalue weighted by Crippen LogP contribution is -2.51. The number of carbonyl (C=O) groups excluding carboxylic acids is 2. The third-order valence-electron chi connectivity index (χ3n) is 5.37. The summed E-state index contributed by atoms with van der Waals surface area (Å²) in [6.07, 6.45) is 9.14. The molecular formula is C22H30N4O2S. The third-order valence-corrected chi connectivity index (χ3v) is 5.73. The molecule has 0 aromatic heterocycles. The van der Waals surface area contributed by atoms with Crippen LogP contribution in [0.15, 0.2) is 35.9 Å². The van der Waals surface area contributed by atoms with Crippen molar-refractivity contribution in [2.75, 3.05) is 26.2 Å². The van der Waals surface area contributed by atoms with Crippen LogP contribution in [-0.4, -0.2) is 53.1 Å². The maximum Gasteiger partial charge on any atom is 0.260 e. The minimum Gasteiger partial charge on any atom is -0.361 e. The van der Waals surface area contributed by atoms with Gasteiger partial charge in [-0.3, -0.25) is 19.6 Å². The van der Waals surface area contributed by atoms with Gasteiger partial charge in [0.05, 0.1) is 6.54 Å². The first-order valence-electron chi connectivity index (χ1n) is 10.4. The second-order valence-corrected chi connectivity index (χ2v) is 8.02. The van der Waals surface area contributed by atoms with E-state index in [1.165, 1.54) is 31.3 Å². The molecule has 1 aromatic carbocycles. The molecule has 2 aliphatic rings. The van der Waals surface area contributed by atoms with Crippen LogP contribution in [0.4, 0.5) is 0 Å². The van der Waals surface area contributed by atoms with E-state index in [9.17, 15) is 9.59 Å². The number of nitrogens with zero attached hydrogens (tertiary/aromatic N) is 2. The van der Waals surface area contributed by atoms with Gasteiger partial charge in [-0.15, -0.1) is 0 Å². The molecule has 0 radical (unpaired) electrons. The van der Waals surface area contributed by atoms with Crippen LogP contribution in [0.3, 0.4) is 0 Å². The molecule has 0 saturated carbocycles. The van der Waals surface area contributed by atoms with Crippen molar-refractivity contribution in [3.05, 3.63) is 47.0 Å². The highest BCUT2D eigenvalue weighted by Crippen LogP contribution is 2.19. The Morgan fingerprint density at radius 3 is 2.52 bits per heavy atom. The first kappa shape index (κ1) is 21.3. The van der Waals surface area contributed by atoms with Crippen LogP contribution in [0.2, 0.25) is 0 Å². The molecule has 0 unspecified atom stereocenters. The number of hydrogen-bond donors (Lipinski definition) is 2. The van der Waals surface area contributed by atoms with Gasteiger partial charge in [-0.25, -0.2) is 0 Å². The van der Waals surface area contributed by atoms with Crippen molar-refractivity contribution in [1.82, 2.24) is 20.7 Å². The molecule has 0 spiro atoms. The standard InChI is InChI=1S/C22H30N4O2S/c1-17-8-10-19(11-9-17)21(28)24-16-20(27)25-14-5-15-26(25)22(29)23-13-12-18-6-3-2-4-7-18/h6,8-11H,2-5,7,12-16H2,1H3,(H,23,29)(H,24,28). The van der Waals surface area contributed by atoms with E-state index in [0.29, 0.717) is 23.8 Å². The van der Waals surface area contributed by atoms with Gasteiger partial charge in [0.2, 0.25) is 0 Å². The van der Waals surface area contributed by atoms with Crippen molar-refractivity contribution in [3.8, 4) is 0 Å². The number of hydrazine groups is 1. The Morgan fingerprint density at radius 2 is 1.79 bits per heavy atom. The summed E-state index contributed by atoms with van der Waals surface area (Å²) in [5, 5.41) is 10.0. The second-order valence-electron chi connectivity index (χ2n) is 7.63. The summed E-state index contributed by atoms with van der Waals surface area (Å²) in [5.41, 5.74) is 3.14. The van der Waals surface area contributed by atoms with Gasteiger partial charge in [-0.05, 0) is 69.8 Å². The molecule has 29 heavy (non-hydrogen) atoms. The van der Waals surface area contributed by atoms with Crippen LogP contribution >= 0.6 is 12.2 Å². The van der Waals surface area contributed by atoms with Crippen LogP contribution in [0.1, 0.15) is 54.4 Å². The molecule has 3 rings (SSSR count). The highest BCUT2D eigenvalue weighted by Gasteiger charge is 2.28. The minimum absolute atomic E-state index is 0.0429. The lowest BCUT2D eigenvalue weighted by atomic mass is 9.97. The first-order chi connectivity index (χ1) is 14.0. The molecule has 1 saturated heterocycles. The van der Waals surface area contributed by atoms with E-state index < -0.39 is 0 Å². The van der Waals surface area contributed by atoms with Crippen LogP contribution in [-0.2, 0) is 4.79 Å². The summed E-state index contributed by atoms with van der Waals surface area (Å²) < 4.78 is 0. The fourth-order valence-corrected chi connectivity index (χ4v) is 3.98. The first-order valence-corrected chi connectivity index (χ1v) is 10.8. The van der Waals surface area contributed by atoms with Crippen molar-refractivity contribution in [1.29, 1.82) is 0 Å². The van der Waals surface area contributed by atoms with Gasteiger partial charge >= 0.3 is 0 Å². The Hall–Kier alpha value is -2.41. The Balaban J connectivity index is 1.45. The lowest BCUT2D eigenvalue weighted by molar-refractivity contribution is -0.137. The molecule has 6 nitrogen and oxygen atoms in total. The molecule has 2 N–H and O–H groups in total. The SMILES string of the molecule is Cc1ccc(C(=O)NCC(=O)N2CCCN2C(=S)NCCC2=CCCCC2)cc1. The quantitative estimate of drug-likeness (QED) is 0.554. The summed E-state index contributed by atoms with van der Waals surface area (Å²) in [6, 6.07) is 7.29.